The largest absolute Gasteiger partial charge is 0.394 e. The van der Waals surface area contributed by atoms with Crippen molar-refractivity contribution in [2.45, 2.75) is 61.4 Å². The summed E-state index contributed by atoms with van der Waals surface area (Å²) in [5.41, 5.74) is 0. The normalized spacial score (nSPS) is 41.5. The van der Waals surface area contributed by atoms with Crippen LogP contribution in [0.5, 0.6) is 0 Å². The van der Waals surface area contributed by atoms with Gasteiger partial charge < -0.3 is 59.8 Å². The Hall–Kier alpha value is -1.00. The lowest BCUT2D eigenvalue weighted by Gasteiger charge is -2.45. The predicted octanol–water partition coefficient (Wildman–Crippen LogP) is -4.02. The molecular formula is C18H32O12. The minimum absolute atomic E-state index is 0.617. The van der Waals surface area contributed by atoms with Crippen molar-refractivity contribution in [2.24, 2.45) is 0 Å². The van der Waals surface area contributed by atoms with Crippen LogP contribution in [0.4, 0.5) is 0 Å². The minimum Gasteiger partial charge on any atom is -0.394 e. The number of rotatable bonds is 8. The van der Waals surface area contributed by atoms with E-state index in [4.69, 9.17) is 24.1 Å². The van der Waals surface area contributed by atoms with Crippen molar-refractivity contribution in [1.82, 2.24) is 0 Å². The first-order valence-corrected chi connectivity index (χ1v) is 9.29. The van der Waals surface area contributed by atoms with E-state index in [9.17, 15) is 35.7 Å². The molecule has 0 aliphatic carbocycles. The highest BCUT2D eigenvalue weighted by atomic mass is 16.7. The molecule has 2 fully saturated rings. The van der Waals surface area contributed by atoms with Gasteiger partial charge in [0.1, 0.15) is 48.8 Å². The molecule has 2 rings (SSSR count). The average molecular weight is 440 g/mol. The summed E-state index contributed by atoms with van der Waals surface area (Å²) in [6.07, 6.45) is -12.1. The lowest BCUT2D eigenvalue weighted by molar-refractivity contribution is -0.355. The van der Waals surface area contributed by atoms with Crippen molar-refractivity contribution in [3.63, 3.8) is 0 Å². The third kappa shape index (κ3) is 7.02. The molecule has 0 amide bonds. The average Bonchev–Trinajstić information content (AvgIpc) is 2.74. The van der Waals surface area contributed by atoms with Gasteiger partial charge in [0.25, 0.3) is 0 Å². The third-order valence-corrected chi connectivity index (χ3v) is 4.45. The van der Waals surface area contributed by atoms with Crippen molar-refractivity contribution >= 4 is 0 Å². The van der Waals surface area contributed by atoms with Crippen LogP contribution in [0.15, 0.2) is 25.3 Å². The van der Waals surface area contributed by atoms with Gasteiger partial charge in [0, 0.05) is 0 Å². The van der Waals surface area contributed by atoms with E-state index in [1.54, 1.807) is 12.2 Å². The molecule has 2 aliphatic heterocycles. The van der Waals surface area contributed by atoms with Crippen LogP contribution in [0, 0.1) is 0 Å². The van der Waals surface area contributed by atoms with Gasteiger partial charge in [0.15, 0.2) is 12.6 Å². The van der Waals surface area contributed by atoms with Crippen molar-refractivity contribution < 1.29 is 59.8 Å². The summed E-state index contributed by atoms with van der Waals surface area (Å²) in [7, 11) is 0. The molecule has 0 bridgehead atoms. The zero-order valence-electron chi connectivity index (χ0n) is 16.4. The van der Waals surface area contributed by atoms with Gasteiger partial charge >= 0.3 is 0 Å². The lowest BCUT2D eigenvalue weighted by atomic mass is 9.97. The Kier molecular flexibility index (Phi) is 12.1. The molecule has 2 saturated heterocycles. The Morgan fingerprint density at radius 3 is 1.77 bits per heavy atom. The number of hydrogen-bond donors (Lipinski definition) is 8. The van der Waals surface area contributed by atoms with E-state index < -0.39 is 74.6 Å². The van der Waals surface area contributed by atoms with E-state index in [-0.39, 0.29) is 0 Å². The minimum atomic E-state index is -1.74. The molecule has 30 heavy (non-hydrogen) atoms. The summed E-state index contributed by atoms with van der Waals surface area (Å²) < 4.78 is 20.2. The van der Waals surface area contributed by atoms with Crippen LogP contribution in [0.1, 0.15) is 0 Å². The molecule has 8 N–H and O–H groups in total. The Labute approximate surface area is 173 Å². The number of aliphatic hydroxyl groups is 8. The fourth-order valence-electron chi connectivity index (χ4n) is 2.80. The van der Waals surface area contributed by atoms with E-state index in [1.165, 1.54) is 0 Å². The van der Waals surface area contributed by atoms with Crippen molar-refractivity contribution in [3.05, 3.63) is 25.3 Å². The molecule has 10 atom stereocenters. The summed E-state index contributed by atoms with van der Waals surface area (Å²) >= 11 is 0. The van der Waals surface area contributed by atoms with Gasteiger partial charge in [-0.1, -0.05) is 12.2 Å². The molecule has 0 aromatic heterocycles. The van der Waals surface area contributed by atoms with Crippen LogP contribution >= 0.6 is 0 Å². The lowest BCUT2D eigenvalue weighted by Crippen LogP contribution is -2.64. The standard InChI is InChI=1S/C12H22O11.C6H10O/c13-1-3-5(15)6(16)9(19)12(22-3)23-10-4(2-14)21-11(20)8(18)7(10)17;1-3-5-7-6-4-2/h3-20H,1-2H2;3-4H,1-2,5-6H2/t3-,4-,5+,6+,7-,8-,9-,10-,11-,12+;/m1./s1. The van der Waals surface area contributed by atoms with Gasteiger partial charge in [-0.05, 0) is 0 Å². The predicted molar refractivity (Wildman–Crippen MR) is 99.8 cm³/mol. The van der Waals surface area contributed by atoms with Gasteiger partial charge in [0.05, 0.1) is 26.4 Å². The summed E-state index contributed by atoms with van der Waals surface area (Å²) in [6.45, 7) is 6.84. The molecule has 12 heteroatoms. The first-order chi connectivity index (χ1) is 14.2. The Morgan fingerprint density at radius 1 is 0.700 bits per heavy atom. The molecule has 2 heterocycles. The monoisotopic (exact) mass is 440 g/mol. The molecule has 0 radical (unpaired) electrons. The van der Waals surface area contributed by atoms with E-state index in [0.717, 1.165) is 0 Å². The first kappa shape index (κ1) is 27.0. The zero-order chi connectivity index (χ0) is 22.8. The van der Waals surface area contributed by atoms with Crippen molar-refractivity contribution in [2.75, 3.05) is 26.4 Å². The summed E-state index contributed by atoms with van der Waals surface area (Å²) in [5.74, 6) is 0. The molecule has 0 spiro atoms. The SMILES string of the molecule is C=CCOCC=C.OC[C@H]1O[C@@H](O[C@H]2[C@H](O)[C@@H](O)[C@H](O)O[C@@H]2CO)[C@H](O)[C@@H](O)[C@H]1O. The number of ether oxygens (including phenoxy) is 4. The molecule has 0 saturated carbocycles. The second-order valence-electron chi connectivity index (χ2n) is 6.64. The molecular weight excluding hydrogens is 408 g/mol. The van der Waals surface area contributed by atoms with Crippen LogP contribution in [0.3, 0.4) is 0 Å². The maximum Gasteiger partial charge on any atom is 0.187 e. The quantitative estimate of drug-likeness (QED) is 0.135. The topological polar surface area (TPSA) is 199 Å². The molecule has 0 aromatic carbocycles. The molecule has 176 valence electrons. The molecule has 0 aromatic rings. The number of hydrogen-bond acceptors (Lipinski definition) is 12. The maximum absolute atomic E-state index is 9.94. The zero-order valence-corrected chi connectivity index (χ0v) is 16.4. The third-order valence-electron chi connectivity index (χ3n) is 4.45. The maximum atomic E-state index is 9.94. The van der Waals surface area contributed by atoms with Crippen LogP contribution in [-0.2, 0) is 18.9 Å². The smallest absolute Gasteiger partial charge is 0.187 e. The van der Waals surface area contributed by atoms with E-state index in [0.29, 0.717) is 13.2 Å². The highest BCUT2D eigenvalue weighted by molar-refractivity contribution is 4.93. The highest BCUT2D eigenvalue weighted by Gasteiger charge is 2.50. The Balaban J connectivity index is 0.000000553. The number of aliphatic hydroxyl groups excluding tert-OH is 8. The van der Waals surface area contributed by atoms with Gasteiger partial charge in [-0.2, -0.15) is 0 Å². The summed E-state index contributed by atoms with van der Waals surface area (Å²) in [4.78, 5) is 0. The van der Waals surface area contributed by atoms with E-state index in [2.05, 4.69) is 13.2 Å². The molecule has 0 unspecified atom stereocenters. The Morgan fingerprint density at radius 2 is 1.27 bits per heavy atom. The molecule has 12 nitrogen and oxygen atoms in total. The second kappa shape index (κ2) is 13.4. The first-order valence-electron chi connectivity index (χ1n) is 9.29. The second-order valence-corrected chi connectivity index (χ2v) is 6.64. The van der Waals surface area contributed by atoms with Gasteiger partial charge in [0.2, 0.25) is 0 Å². The fraction of sp³-hybridized carbons (Fsp3) is 0.778. The van der Waals surface area contributed by atoms with Gasteiger partial charge in [-0.25, -0.2) is 0 Å². The summed E-state index contributed by atoms with van der Waals surface area (Å²) in [5, 5.41) is 76.5. The Bertz CT molecular complexity index is 494. The van der Waals surface area contributed by atoms with Crippen LogP contribution in [0.25, 0.3) is 0 Å². The van der Waals surface area contributed by atoms with Crippen molar-refractivity contribution in [1.29, 1.82) is 0 Å². The van der Waals surface area contributed by atoms with Crippen LogP contribution in [-0.4, -0.2) is 129 Å². The van der Waals surface area contributed by atoms with Gasteiger partial charge in [-0.3, -0.25) is 0 Å². The summed E-state index contributed by atoms with van der Waals surface area (Å²) in [6, 6.07) is 0. The van der Waals surface area contributed by atoms with E-state index in [1.807, 2.05) is 0 Å². The molecule has 2 aliphatic rings. The van der Waals surface area contributed by atoms with Crippen LogP contribution < -0.4 is 0 Å². The van der Waals surface area contributed by atoms with E-state index >= 15 is 0 Å². The van der Waals surface area contributed by atoms with Crippen LogP contribution in [0.2, 0.25) is 0 Å². The van der Waals surface area contributed by atoms with Gasteiger partial charge in [-0.15, -0.1) is 13.2 Å². The fourth-order valence-corrected chi connectivity index (χ4v) is 2.80. The van der Waals surface area contributed by atoms with Crippen molar-refractivity contribution in [3.8, 4) is 0 Å². The highest BCUT2D eigenvalue weighted by Crippen LogP contribution is 2.28.